The summed E-state index contributed by atoms with van der Waals surface area (Å²) in [5, 5.41) is 27.4. The number of amides is 2. The van der Waals surface area contributed by atoms with Crippen LogP contribution in [0, 0.1) is 56.7 Å². The highest BCUT2D eigenvalue weighted by Gasteiger charge is 2.75. The number of carbonyl (C=O) groups is 2. The van der Waals surface area contributed by atoms with E-state index >= 15 is 0 Å². The smallest absolute Gasteiger partial charge is 0.317 e. The van der Waals surface area contributed by atoms with E-state index in [-0.39, 0.29) is 52.0 Å². The number of hydrogen-bond acceptors (Lipinski definition) is 5. The highest BCUT2D eigenvalue weighted by atomic mass is 16.3. The van der Waals surface area contributed by atoms with Crippen molar-refractivity contribution in [2.75, 3.05) is 13.1 Å². The molecule has 3 N–H and O–H groups in total. The number of urea groups is 1. The predicted octanol–water partition coefficient (Wildman–Crippen LogP) is 7.69. The second-order valence-corrected chi connectivity index (χ2v) is 19.5. The Morgan fingerprint density at radius 2 is 1.57 bits per heavy atom. The Labute approximate surface area is 292 Å². The molecule has 2 spiro atoms. The minimum Gasteiger partial charge on any atom is -0.461 e. The van der Waals surface area contributed by atoms with E-state index in [4.69, 9.17) is 4.42 Å². The van der Waals surface area contributed by atoms with Crippen LogP contribution >= 0.6 is 0 Å². The lowest BCUT2D eigenvalue weighted by molar-refractivity contribution is -0.176. The van der Waals surface area contributed by atoms with Crippen molar-refractivity contribution in [1.82, 2.24) is 10.2 Å². The van der Waals surface area contributed by atoms with Gasteiger partial charge in [-0.25, -0.2) is 4.79 Å². The highest BCUT2D eigenvalue weighted by Crippen LogP contribution is 2.78. The first-order valence-electron chi connectivity index (χ1n) is 19.7. The summed E-state index contributed by atoms with van der Waals surface area (Å²) in [7, 11) is 0. The first kappa shape index (κ1) is 32.5. The molecule has 1 heterocycles. The Bertz CT molecular complexity index is 1560. The molecule has 8 atom stereocenters. The zero-order chi connectivity index (χ0) is 34.2. The first-order valence-corrected chi connectivity index (χ1v) is 19.7. The largest absolute Gasteiger partial charge is 0.461 e. The van der Waals surface area contributed by atoms with E-state index in [0.717, 1.165) is 62.0 Å². The molecule has 7 heteroatoms. The Hall–Kier alpha value is -2.38. The van der Waals surface area contributed by atoms with E-state index in [1.54, 1.807) is 18.4 Å². The highest BCUT2D eigenvalue weighted by molar-refractivity contribution is 6.08. The second-order valence-electron chi connectivity index (χ2n) is 19.5. The number of fused-ring (bicyclic) bond motifs is 1. The Balaban J connectivity index is 1.09. The molecule has 7 nitrogen and oxygen atoms in total. The molecule has 10 aliphatic rings. The molecule has 6 bridgehead atoms. The summed E-state index contributed by atoms with van der Waals surface area (Å²) < 4.78 is 5.75. The van der Waals surface area contributed by atoms with Gasteiger partial charge >= 0.3 is 6.03 Å². The number of carbonyl (C=O) groups excluding carboxylic acids is 2. The minimum absolute atomic E-state index is 0.0205. The molecular formula is C42H58N2O5. The van der Waals surface area contributed by atoms with Crippen molar-refractivity contribution >= 4 is 11.8 Å². The summed E-state index contributed by atoms with van der Waals surface area (Å²) >= 11 is 0. The van der Waals surface area contributed by atoms with E-state index < -0.39 is 16.4 Å². The van der Waals surface area contributed by atoms with Gasteiger partial charge in [-0.1, -0.05) is 32.1 Å². The summed E-state index contributed by atoms with van der Waals surface area (Å²) in [6.07, 6.45) is 21.4. The molecule has 1 unspecified atom stereocenters. The van der Waals surface area contributed by atoms with Crippen molar-refractivity contribution in [1.29, 1.82) is 0 Å². The third kappa shape index (κ3) is 4.39. The molecule has 1 aromatic rings. The fraction of sp³-hybridized carbons (Fsp3) is 0.762. The van der Waals surface area contributed by atoms with E-state index in [9.17, 15) is 19.8 Å². The molecule has 7 fully saturated rings. The van der Waals surface area contributed by atoms with Crippen LogP contribution in [0.2, 0.25) is 0 Å². The molecule has 1 aromatic heterocycles. The van der Waals surface area contributed by atoms with Crippen molar-refractivity contribution in [3.8, 4) is 0 Å². The third-order valence-corrected chi connectivity index (χ3v) is 16.5. The van der Waals surface area contributed by atoms with Crippen molar-refractivity contribution in [3.05, 3.63) is 48.0 Å². The zero-order valence-electron chi connectivity index (χ0n) is 30.2. The summed E-state index contributed by atoms with van der Waals surface area (Å²) in [5.74, 6) is 2.96. The van der Waals surface area contributed by atoms with Crippen molar-refractivity contribution < 1.29 is 24.2 Å². The SMILES string of the molecule is CC(C)NC(=O)N(CC12CC3CC(CC(C3)C1)C2)C[C@]1(O)CC[C@H]2[C@]34C=C[C@@]5(C=C3C(=O)c3ccco3)CC(O)CC[C@]5(C)[C@H]4CC[C@@]21C. The maximum atomic E-state index is 14.6. The second kappa shape index (κ2) is 10.6. The van der Waals surface area contributed by atoms with Crippen LogP contribution in [0.1, 0.15) is 122 Å². The van der Waals surface area contributed by atoms with E-state index in [2.05, 4.69) is 37.4 Å². The number of furan rings is 1. The van der Waals surface area contributed by atoms with Crippen LogP contribution in [0.25, 0.3) is 0 Å². The van der Waals surface area contributed by atoms with Gasteiger partial charge < -0.3 is 24.8 Å². The average Bonchev–Trinajstić information content (AvgIpc) is 3.66. The molecule has 2 amide bonds. The topological polar surface area (TPSA) is 103 Å². The summed E-state index contributed by atoms with van der Waals surface area (Å²) in [4.78, 5) is 30.7. The Kier molecular flexibility index (Phi) is 7.03. The van der Waals surface area contributed by atoms with Gasteiger partial charge in [0.15, 0.2) is 5.76 Å². The summed E-state index contributed by atoms with van der Waals surface area (Å²) in [6, 6.07) is 3.54. The van der Waals surface area contributed by atoms with E-state index in [1.165, 1.54) is 38.5 Å². The van der Waals surface area contributed by atoms with Gasteiger partial charge in [-0.2, -0.15) is 0 Å². The maximum Gasteiger partial charge on any atom is 0.317 e. The van der Waals surface area contributed by atoms with E-state index in [1.807, 2.05) is 18.7 Å². The van der Waals surface area contributed by atoms with Crippen LogP contribution < -0.4 is 5.32 Å². The van der Waals surface area contributed by atoms with Gasteiger partial charge in [0.05, 0.1) is 24.5 Å². The van der Waals surface area contributed by atoms with Gasteiger partial charge in [-0.05, 0) is 150 Å². The van der Waals surface area contributed by atoms with Crippen molar-refractivity contribution in [3.63, 3.8) is 0 Å². The molecule has 7 saturated carbocycles. The number of aliphatic hydroxyl groups excluding tert-OH is 1. The lowest BCUT2D eigenvalue weighted by atomic mass is 9.32. The Morgan fingerprint density at radius 1 is 0.918 bits per heavy atom. The van der Waals surface area contributed by atoms with Gasteiger partial charge in [0, 0.05) is 34.4 Å². The lowest BCUT2D eigenvalue weighted by Gasteiger charge is -2.71. The standard InChI is InChI=1S/C42H58N2O5/c1-26(2)43-36(47)44(24-39-19-27-16-28(20-39)18-29(17-27)21-39)25-41(48)12-9-34-38(41,4)11-8-33-37(3)10-7-30(45)22-40(37)13-14-42(33,34)31(23-40)35(46)32-6-5-15-49-32/h5-6,13-15,23,26-30,33-34,45,48H,7-12,16-22,24-25H2,1-4H3,(H,43,47)/t27?,28?,29?,30?,33-,34-,37-,38+,39?,40+,41-,42-/m1/s1. The quantitative estimate of drug-likeness (QED) is 0.204. The van der Waals surface area contributed by atoms with Gasteiger partial charge in [0.2, 0.25) is 5.78 Å². The number of rotatable bonds is 7. The number of nitrogens with zero attached hydrogens (tertiary/aromatic N) is 1. The molecular weight excluding hydrogens is 612 g/mol. The normalized spacial score (nSPS) is 48.6. The number of allylic oxidation sites excluding steroid dienone is 4. The predicted molar refractivity (Wildman–Crippen MR) is 187 cm³/mol. The number of Topliss-reactive ketones (excluding diaryl/α,β-unsaturated/α-hetero) is 1. The molecule has 0 aliphatic heterocycles. The summed E-state index contributed by atoms with van der Waals surface area (Å²) in [6.45, 7) is 9.82. The molecule has 266 valence electrons. The van der Waals surface area contributed by atoms with Crippen LogP contribution in [0.3, 0.4) is 0 Å². The maximum absolute atomic E-state index is 14.6. The van der Waals surface area contributed by atoms with E-state index in [0.29, 0.717) is 25.1 Å². The number of ketones is 1. The van der Waals surface area contributed by atoms with Crippen LogP contribution in [-0.2, 0) is 0 Å². The molecule has 0 radical (unpaired) electrons. The van der Waals surface area contributed by atoms with Crippen LogP contribution in [0.4, 0.5) is 4.79 Å². The average molecular weight is 671 g/mol. The van der Waals surface area contributed by atoms with Crippen LogP contribution in [-0.4, -0.2) is 57.8 Å². The van der Waals surface area contributed by atoms with Gasteiger partial charge in [0.1, 0.15) is 0 Å². The number of nitrogens with one attached hydrogen (secondary N) is 1. The summed E-state index contributed by atoms with van der Waals surface area (Å²) in [5.41, 5.74) is -1.58. The molecule has 0 saturated heterocycles. The van der Waals surface area contributed by atoms with Crippen molar-refractivity contribution in [2.24, 2.45) is 56.7 Å². The van der Waals surface area contributed by atoms with Crippen LogP contribution in [0.5, 0.6) is 0 Å². The number of hydrogen-bond donors (Lipinski definition) is 3. The first-order chi connectivity index (χ1) is 23.2. The lowest BCUT2D eigenvalue weighted by Crippen LogP contribution is -2.67. The molecule has 10 aliphatic carbocycles. The fourth-order valence-corrected chi connectivity index (χ4v) is 14.9. The Morgan fingerprint density at radius 3 is 2.22 bits per heavy atom. The fourth-order valence-electron chi connectivity index (χ4n) is 14.9. The third-order valence-electron chi connectivity index (χ3n) is 16.5. The van der Waals surface area contributed by atoms with Gasteiger partial charge in [-0.15, -0.1) is 0 Å². The van der Waals surface area contributed by atoms with Gasteiger partial charge in [0.25, 0.3) is 0 Å². The molecule has 49 heavy (non-hydrogen) atoms. The molecule has 11 rings (SSSR count). The van der Waals surface area contributed by atoms with Gasteiger partial charge in [-0.3, -0.25) is 4.79 Å². The van der Waals surface area contributed by atoms with Crippen molar-refractivity contribution in [2.45, 2.75) is 129 Å². The van der Waals surface area contributed by atoms with Crippen LogP contribution in [0.15, 0.2) is 46.6 Å². The minimum atomic E-state index is -1.07. The number of aliphatic hydroxyl groups is 2. The molecule has 0 aromatic carbocycles. The zero-order valence-corrected chi connectivity index (χ0v) is 30.2. The monoisotopic (exact) mass is 670 g/mol.